The van der Waals surface area contributed by atoms with Crippen molar-refractivity contribution in [2.45, 2.75) is 141 Å². The first-order valence-electron chi connectivity index (χ1n) is 21.0. The fraction of sp³-hybridized carbons (Fsp3) is 0.850. The number of carbonyl (C=O) groups excluding carboxylic acids is 4. The van der Waals surface area contributed by atoms with Gasteiger partial charge in [-0.2, -0.15) is 0 Å². The summed E-state index contributed by atoms with van der Waals surface area (Å²) in [5, 5.41) is 34.6. The summed E-state index contributed by atoms with van der Waals surface area (Å²) >= 11 is 0. The number of aliphatic hydroxyl groups is 1. The summed E-state index contributed by atoms with van der Waals surface area (Å²) in [5.41, 5.74) is 0. The zero-order valence-electron chi connectivity index (χ0n) is 33.7. The van der Waals surface area contributed by atoms with E-state index < -0.39 is 42.1 Å². The lowest BCUT2D eigenvalue weighted by molar-refractivity contribution is -0.144. The van der Waals surface area contributed by atoms with Gasteiger partial charge in [0.2, 0.25) is 23.6 Å². The first-order valence-corrected chi connectivity index (χ1v) is 21.0. The quantitative estimate of drug-likeness (QED) is 0.0496. The standard InChI is InChI=1S/C40H72N4O12/c45-25-28-54-26-22-42-36(47)32-56-30-29-55-27-21-41-35(46)31-34(40(52)53)43-39(51)33-19-23-44(24-20-33)37(48)17-15-13-11-9-7-5-3-1-2-4-6-8-10-12-14-16-18-38(49)50/h33-34,45H,1-32H2,(H,41,46)(H,42,47)(H,43,51)(H,49,50)(H,52,53)/t34-/m1/s1. The van der Waals surface area contributed by atoms with Crippen molar-refractivity contribution in [2.75, 3.05) is 72.4 Å². The van der Waals surface area contributed by atoms with E-state index in [1.165, 1.54) is 64.2 Å². The van der Waals surface area contributed by atoms with Gasteiger partial charge in [-0.3, -0.25) is 24.0 Å². The Morgan fingerprint density at radius 1 is 0.589 bits per heavy atom. The van der Waals surface area contributed by atoms with E-state index in [1.807, 2.05) is 0 Å². The highest BCUT2D eigenvalue weighted by Gasteiger charge is 2.31. The first kappa shape index (κ1) is 50.7. The van der Waals surface area contributed by atoms with E-state index in [0.29, 0.717) is 38.9 Å². The minimum Gasteiger partial charge on any atom is -0.481 e. The fourth-order valence-corrected chi connectivity index (χ4v) is 6.45. The van der Waals surface area contributed by atoms with Crippen LogP contribution in [0.15, 0.2) is 0 Å². The van der Waals surface area contributed by atoms with Crippen LogP contribution in [-0.4, -0.2) is 134 Å². The molecule has 0 bridgehead atoms. The Bertz CT molecular complexity index is 1090. The zero-order valence-corrected chi connectivity index (χ0v) is 33.7. The van der Waals surface area contributed by atoms with E-state index in [4.69, 9.17) is 24.4 Å². The van der Waals surface area contributed by atoms with Crippen molar-refractivity contribution in [3.63, 3.8) is 0 Å². The highest BCUT2D eigenvalue weighted by molar-refractivity contribution is 5.89. The van der Waals surface area contributed by atoms with Gasteiger partial charge in [0.25, 0.3) is 0 Å². The van der Waals surface area contributed by atoms with Crippen molar-refractivity contribution in [1.82, 2.24) is 20.9 Å². The molecule has 1 fully saturated rings. The van der Waals surface area contributed by atoms with Crippen LogP contribution in [0.25, 0.3) is 0 Å². The van der Waals surface area contributed by atoms with Crippen LogP contribution in [-0.2, 0) is 43.0 Å². The van der Waals surface area contributed by atoms with Crippen LogP contribution in [0.2, 0.25) is 0 Å². The average Bonchev–Trinajstić information content (AvgIpc) is 3.17. The monoisotopic (exact) mass is 801 g/mol. The highest BCUT2D eigenvalue weighted by Crippen LogP contribution is 2.20. The van der Waals surface area contributed by atoms with Gasteiger partial charge in [-0.25, -0.2) is 4.79 Å². The molecule has 0 aromatic heterocycles. The minimum absolute atomic E-state index is 0.0816. The van der Waals surface area contributed by atoms with Gasteiger partial charge in [-0.15, -0.1) is 0 Å². The fourth-order valence-electron chi connectivity index (χ4n) is 6.45. The molecule has 1 heterocycles. The number of rotatable bonds is 37. The van der Waals surface area contributed by atoms with Crippen molar-refractivity contribution >= 4 is 35.6 Å². The van der Waals surface area contributed by atoms with E-state index >= 15 is 0 Å². The summed E-state index contributed by atoms with van der Waals surface area (Å²) in [6.07, 6.45) is 19.8. The number of unbranched alkanes of at least 4 members (excludes halogenated alkanes) is 15. The van der Waals surface area contributed by atoms with Gasteiger partial charge < -0.3 is 50.4 Å². The molecule has 0 unspecified atom stereocenters. The number of hydrogen-bond acceptors (Lipinski definition) is 10. The maximum absolute atomic E-state index is 12.9. The Labute approximate surface area is 333 Å². The molecule has 1 saturated heterocycles. The summed E-state index contributed by atoms with van der Waals surface area (Å²) < 4.78 is 15.6. The van der Waals surface area contributed by atoms with Crippen molar-refractivity contribution in [1.29, 1.82) is 0 Å². The lowest BCUT2D eigenvalue weighted by Gasteiger charge is -2.32. The van der Waals surface area contributed by atoms with Crippen LogP contribution < -0.4 is 16.0 Å². The molecular formula is C40H72N4O12. The molecule has 56 heavy (non-hydrogen) atoms. The zero-order chi connectivity index (χ0) is 41.1. The summed E-state index contributed by atoms with van der Waals surface area (Å²) in [7, 11) is 0. The van der Waals surface area contributed by atoms with Crippen LogP contribution in [0.3, 0.4) is 0 Å². The van der Waals surface area contributed by atoms with Crippen molar-refractivity contribution in [2.24, 2.45) is 5.92 Å². The molecule has 0 saturated carbocycles. The third kappa shape index (κ3) is 29.0. The highest BCUT2D eigenvalue weighted by atomic mass is 16.5. The maximum atomic E-state index is 12.9. The van der Waals surface area contributed by atoms with E-state index in [-0.39, 0.29) is 71.0 Å². The van der Waals surface area contributed by atoms with Crippen molar-refractivity contribution in [3.8, 4) is 0 Å². The largest absolute Gasteiger partial charge is 0.481 e. The molecule has 0 aliphatic carbocycles. The van der Waals surface area contributed by atoms with E-state index in [9.17, 15) is 33.9 Å². The van der Waals surface area contributed by atoms with E-state index in [0.717, 1.165) is 38.5 Å². The molecule has 0 spiro atoms. The predicted molar refractivity (Wildman–Crippen MR) is 210 cm³/mol. The van der Waals surface area contributed by atoms with Gasteiger partial charge in [-0.1, -0.05) is 89.9 Å². The number of likely N-dealkylation sites (tertiary alicyclic amines) is 1. The Morgan fingerprint density at radius 3 is 1.55 bits per heavy atom. The number of nitrogens with zero attached hydrogens (tertiary/aromatic N) is 1. The second-order valence-corrected chi connectivity index (χ2v) is 14.5. The third-order valence-corrected chi connectivity index (χ3v) is 9.73. The number of nitrogens with one attached hydrogen (secondary N) is 3. The second kappa shape index (κ2) is 34.9. The van der Waals surface area contributed by atoms with Crippen LogP contribution in [0.1, 0.15) is 135 Å². The summed E-state index contributed by atoms with van der Waals surface area (Å²) in [4.78, 5) is 73.7. The molecule has 1 aliphatic rings. The van der Waals surface area contributed by atoms with Gasteiger partial charge in [0, 0.05) is 44.9 Å². The first-order chi connectivity index (χ1) is 27.1. The van der Waals surface area contributed by atoms with Gasteiger partial charge >= 0.3 is 11.9 Å². The molecule has 1 rings (SSSR count). The molecule has 16 nitrogen and oxygen atoms in total. The Hall–Kier alpha value is -3.34. The number of piperidine rings is 1. The van der Waals surface area contributed by atoms with Gasteiger partial charge in [0.05, 0.1) is 46.1 Å². The average molecular weight is 801 g/mol. The molecule has 1 atom stereocenters. The molecule has 16 heteroatoms. The van der Waals surface area contributed by atoms with Gasteiger partial charge in [-0.05, 0) is 25.7 Å². The van der Waals surface area contributed by atoms with Crippen LogP contribution in [0, 0.1) is 5.92 Å². The molecule has 0 aromatic carbocycles. The number of aliphatic carboxylic acids is 2. The predicted octanol–water partition coefficient (Wildman–Crippen LogP) is 3.57. The Morgan fingerprint density at radius 2 is 1.05 bits per heavy atom. The van der Waals surface area contributed by atoms with Gasteiger partial charge in [0.1, 0.15) is 12.6 Å². The van der Waals surface area contributed by atoms with Crippen molar-refractivity contribution in [3.05, 3.63) is 0 Å². The van der Waals surface area contributed by atoms with E-state index in [2.05, 4.69) is 16.0 Å². The number of carbonyl (C=O) groups is 6. The number of carboxylic acids is 2. The third-order valence-electron chi connectivity index (χ3n) is 9.73. The van der Waals surface area contributed by atoms with Crippen molar-refractivity contribution < 1.29 is 58.3 Å². The SMILES string of the molecule is O=C(O)CCCCCCCCCCCCCCCCCCC(=O)N1CCC(C(=O)N[C@H](CC(=O)NCCOCCOCC(=O)NCCOCCO)C(=O)O)CC1. The normalized spacial score (nSPS) is 13.6. The number of aliphatic hydroxyl groups excluding tert-OH is 1. The summed E-state index contributed by atoms with van der Waals surface area (Å²) in [6.45, 7) is 2.10. The van der Waals surface area contributed by atoms with E-state index in [1.54, 1.807) is 4.90 Å². The Balaban J connectivity index is 2.04. The van der Waals surface area contributed by atoms with Crippen LogP contribution in [0.4, 0.5) is 0 Å². The molecular weight excluding hydrogens is 728 g/mol. The lowest BCUT2D eigenvalue weighted by Crippen LogP contribution is -2.49. The topological polar surface area (TPSA) is 230 Å². The molecule has 1 aliphatic heterocycles. The molecule has 0 aromatic rings. The molecule has 324 valence electrons. The number of carboxylic acid groups (broad SMARTS) is 2. The molecule has 4 amide bonds. The summed E-state index contributed by atoms with van der Waals surface area (Å²) in [5.74, 6) is -3.62. The van der Waals surface area contributed by atoms with Gasteiger partial charge in [0.15, 0.2) is 0 Å². The van der Waals surface area contributed by atoms with Crippen LogP contribution >= 0.6 is 0 Å². The number of hydrogen-bond donors (Lipinski definition) is 6. The second-order valence-electron chi connectivity index (χ2n) is 14.5. The molecule has 0 radical (unpaired) electrons. The maximum Gasteiger partial charge on any atom is 0.326 e. The smallest absolute Gasteiger partial charge is 0.326 e. The van der Waals surface area contributed by atoms with Crippen LogP contribution in [0.5, 0.6) is 0 Å². The molecule has 6 N–H and O–H groups in total. The number of ether oxygens (including phenoxy) is 3. The minimum atomic E-state index is -1.38. The summed E-state index contributed by atoms with van der Waals surface area (Å²) in [6, 6.07) is -1.38. The lowest BCUT2D eigenvalue weighted by atomic mass is 9.95. The Kier molecular flexibility index (Phi) is 31.6. The number of amides is 4.